The van der Waals surface area contributed by atoms with Gasteiger partial charge in [-0.15, -0.1) is 0 Å². The molecule has 0 aliphatic carbocycles. The third-order valence-electron chi connectivity index (χ3n) is 22.5. The summed E-state index contributed by atoms with van der Waals surface area (Å²) in [5, 5.41) is 42.7. The zero-order valence-corrected chi connectivity index (χ0v) is 68.7. The summed E-state index contributed by atoms with van der Waals surface area (Å²) in [6.45, 7) is 15.6. The largest absolute Gasteiger partial charge is 0.497 e. The van der Waals surface area contributed by atoms with Gasteiger partial charge in [0.2, 0.25) is 0 Å². The van der Waals surface area contributed by atoms with E-state index in [0.29, 0.717) is 175 Å². The number of para-hydroxylation sites is 4. The highest BCUT2D eigenvalue weighted by molar-refractivity contribution is 6.01. The second-order valence-corrected chi connectivity index (χ2v) is 31.2. The second-order valence-electron chi connectivity index (χ2n) is 31.2. The fourth-order valence-electron chi connectivity index (χ4n) is 16.4. The Balaban J connectivity index is 0.000000134. The monoisotopic (exact) mass is 1630 g/mol. The number of fused-ring (bicyclic) bond motifs is 4. The molecule has 6 aromatic carbocycles. The van der Waals surface area contributed by atoms with Crippen molar-refractivity contribution in [3.05, 3.63) is 292 Å². The number of piperazine rings is 4. The minimum absolute atomic E-state index is 0.0311. The number of aryl methyl sites for hydroxylation is 2. The second kappa shape index (κ2) is 36.8. The molecule has 0 radical (unpaired) electrons. The molecule has 4 amide bonds. The Hall–Kier alpha value is -15.2. The van der Waals surface area contributed by atoms with Crippen molar-refractivity contribution in [2.45, 2.75) is 40.3 Å². The van der Waals surface area contributed by atoms with Gasteiger partial charge in [0, 0.05) is 183 Å². The lowest BCUT2D eigenvalue weighted by Gasteiger charge is -2.37. The van der Waals surface area contributed by atoms with Crippen LogP contribution in [0, 0.1) is 50.7 Å². The Bertz CT molecular complexity index is 6490. The van der Waals surface area contributed by atoms with Gasteiger partial charge < -0.3 is 66.6 Å². The lowest BCUT2D eigenvalue weighted by molar-refractivity contribution is -0.127. The number of carbonyl (C=O) groups is 4. The van der Waals surface area contributed by atoms with Crippen molar-refractivity contribution in [3.8, 4) is 30.0 Å². The van der Waals surface area contributed by atoms with Crippen LogP contribution in [0.25, 0.3) is 43.6 Å². The number of nitriles is 4. The van der Waals surface area contributed by atoms with E-state index in [2.05, 4.69) is 64.8 Å². The summed E-state index contributed by atoms with van der Waals surface area (Å²) >= 11 is 0. The van der Waals surface area contributed by atoms with Crippen molar-refractivity contribution in [2.75, 3.05) is 131 Å². The molecule has 17 rings (SSSR count). The highest BCUT2D eigenvalue weighted by atomic mass is 16.5. The molecule has 6 aromatic heterocycles. The van der Waals surface area contributed by atoms with Crippen LogP contribution in [0.4, 0.5) is 22.7 Å². The number of allylic oxidation sites excluding steroid dienone is 1. The fourth-order valence-corrected chi connectivity index (χ4v) is 16.4. The van der Waals surface area contributed by atoms with Gasteiger partial charge in [-0.05, 0) is 89.9 Å². The predicted molar refractivity (Wildman–Crippen MR) is 469 cm³/mol. The van der Waals surface area contributed by atoms with Crippen molar-refractivity contribution in [2.24, 2.45) is 24.5 Å². The molecular weight excluding hydrogens is 1540 g/mol. The fraction of sp³-hybridized carbons (Fsp3) is 0.277. The summed E-state index contributed by atoms with van der Waals surface area (Å²) in [7, 11) is 4.96. The number of hydrogen-bond donors (Lipinski definition) is 0. The van der Waals surface area contributed by atoms with E-state index in [-0.39, 0.29) is 73.5 Å². The van der Waals surface area contributed by atoms with Crippen LogP contribution in [0.2, 0.25) is 0 Å². The van der Waals surface area contributed by atoms with Crippen LogP contribution in [0.5, 0.6) is 5.75 Å². The molecule has 616 valence electrons. The van der Waals surface area contributed by atoms with Gasteiger partial charge in [0.25, 0.3) is 45.9 Å². The lowest BCUT2D eigenvalue weighted by atomic mass is 9.96. The number of furan rings is 1. The normalized spacial score (nSPS) is 14.6. The number of methoxy groups -OCH3 is 1. The molecule has 0 atom stereocenters. The molecule has 0 bridgehead atoms. The predicted octanol–water partition coefficient (Wildman–Crippen LogP) is 10.6. The number of aliphatic imine (C=N–C) groups is 1. The Morgan fingerprint density at radius 1 is 0.418 bits per heavy atom. The van der Waals surface area contributed by atoms with Crippen molar-refractivity contribution >= 4 is 96.2 Å². The molecule has 5 aliphatic rings. The number of ether oxygens (including phenoxy) is 1. The minimum Gasteiger partial charge on any atom is -0.497 e. The van der Waals surface area contributed by atoms with E-state index in [0.717, 1.165) is 49.2 Å². The first-order valence-corrected chi connectivity index (χ1v) is 40.3. The van der Waals surface area contributed by atoms with Crippen molar-refractivity contribution in [1.29, 1.82) is 21.0 Å². The zero-order valence-electron chi connectivity index (χ0n) is 68.7. The molecule has 11 heterocycles. The lowest BCUT2D eigenvalue weighted by Crippen LogP contribution is -2.49. The van der Waals surface area contributed by atoms with Crippen molar-refractivity contribution < 1.29 is 28.3 Å². The first-order valence-electron chi connectivity index (χ1n) is 40.3. The third kappa shape index (κ3) is 17.3. The first-order chi connectivity index (χ1) is 59.1. The molecule has 0 unspecified atom stereocenters. The average molecular weight is 1630 g/mol. The maximum absolute atomic E-state index is 13.5. The van der Waals surface area contributed by atoms with Crippen molar-refractivity contribution in [1.82, 2.24) is 42.9 Å². The number of aromatic nitrogens is 5. The standard InChI is InChI=1S/C29H26N4O3.C24H26N4O3.C21H19N5O2.C20H19N5O2/c1-36-23-13-11-22(12-14-23)28(34)32-17-15-31(16-18-32)27-24-9-5-6-10-26(24)33(29(35)25(27)19-30)20-21-7-3-2-4-8-21;1-24(2,3)16-28-19-8-5-4-7-17(19)21(18(15-25)22(28)29)26-10-12-27(13-11-26)23(30)20-9-6-14-31-20;1-24-18-5-3-2-4-16(18)19(17(14-22)21(24)28)25-10-12-26(13-11-25)20(27)15-6-8-23-9-7-15;1-23-17-7-3-2-5-14(17)18(15(13-21)19(23)26)24-9-11-25(12-10-24)20(27)16-6-4-8-22-16/h2-14H,15-18,20H2,1H3;4-9,14H,10-13,16H2,1-3H3;2-9H,10-13H2,1H3;2-3,5-8H,4,9-12H2,1H3. The van der Waals surface area contributed by atoms with E-state index in [4.69, 9.17) is 9.15 Å². The summed E-state index contributed by atoms with van der Waals surface area (Å²) in [6, 6.07) is 62.8. The zero-order chi connectivity index (χ0) is 85.9. The van der Waals surface area contributed by atoms with Crippen LogP contribution < -0.4 is 46.6 Å². The van der Waals surface area contributed by atoms with E-state index in [1.807, 2.05) is 148 Å². The summed E-state index contributed by atoms with van der Waals surface area (Å²) in [5.74, 6) is 0.751. The van der Waals surface area contributed by atoms with Gasteiger partial charge >= 0.3 is 0 Å². The van der Waals surface area contributed by atoms with E-state index in [9.17, 15) is 59.4 Å². The summed E-state index contributed by atoms with van der Waals surface area (Å²) < 4.78 is 16.8. The van der Waals surface area contributed by atoms with Gasteiger partial charge in [0.1, 0.15) is 58.0 Å². The highest BCUT2D eigenvalue weighted by Crippen LogP contribution is 2.36. The number of carbonyl (C=O) groups excluding carboxylic acids is 4. The van der Waals surface area contributed by atoms with Gasteiger partial charge in [-0.1, -0.05) is 124 Å². The molecular formula is C94H90N18O10. The number of rotatable bonds is 12. The topological polar surface area (TPSA) is 325 Å². The van der Waals surface area contributed by atoms with E-state index in [1.54, 1.807) is 112 Å². The number of pyridine rings is 5. The Morgan fingerprint density at radius 3 is 1.18 bits per heavy atom. The van der Waals surface area contributed by atoms with Crippen LogP contribution in [0.1, 0.15) is 86.3 Å². The van der Waals surface area contributed by atoms with Crippen LogP contribution in [-0.2, 0) is 32.0 Å². The Labute approximate surface area is 703 Å². The number of hydrogen-bond acceptors (Lipinski definition) is 20. The van der Waals surface area contributed by atoms with Gasteiger partial charge in [0.15, 0.2) is 5.76 Å². The van der Waals surface area contributed by atoms with Crippen LogP contribution >= 0.6 is 0 Å². The smallest absolute Gasteiger partial charge is 0.289 e. The Kier molecular flexibility index (Phi) is 25.1. The molecule has 4 saturated heterocycles. The average Bonchev–Trinajstić information content (AvgIpc) is 1.20. The van der Waals surface area contributed by atoms with E-state index < -0.39 is 0 Å². The molecule has 5 aliphatic heterocycles. The maximum Gasteiger partial charge on any atom is 0.289 e. The van der Waals surface area contributed by atoms with Crippen LogP contribution in [-0.4, -0.2) is 185 Å². The molecule has 28 nitrogen and oxygen atoms in total. The number of amides is 4. The number of nitrogens with zero attached hydrogens (tertiary/aromatic N) is 18. The SMILES string of the molecule is CC(C)(C)Cn1c(=O)c(C#N)c(N2CCN(C(=O)c3ccco3)CC2)c2ccccc21.COc1ccc(C(=O)N2CCN(c3c(C#N)c(=O)n(Cc4ccccc4)c4ccccc34)CC2)cc1.Cn1c(=O)c(C#N)c(N2CCN(C(=O)C3=CCC=N3)CC2)c2ccccc21.Cn1c(=O)c(C#N)c(N2CCN(C(=O)c3ccncc3)CC2)c2ccccc21. The molecule has 0 saturated carbocycles. The molecule has 0 spiro atoms. The van der Waals surface area contributed by atoms with Gasteiger partial charge in [-0.25, -0.2) is 0 Å². The van der Waals surface area contributed by atoms with E-state index >= 15 is 0 Å². The summed E-state index contributed by atoms with van der Waals surface area (Å²) in [5.41, 5.74) is 7.88. The molecule has 4 fully saturated rings. The highest BCUT2D eigenvalue weighted by Gasteiger charge is 2.34. The molecule has 122 heavy (non-hydrogen) atoms. The van der Waals surface area contributed by atoms with Crippen LogP contribution in [0.3, 0.4) is 0 Å². The summed E-state index contributed by atoms with van der Waals surface area (Å²) in [6.07, 6.45) is 8.96. The quantitative estimate of drug-likeness (QED) is 0.110. The Morgan fingerprint density at radius 2 is 0.787 bits per heavy atom. The van der Waals surface area contributed by atoms with Crippen LogP contribution in [0.15, 0.2) is 235 Å². The number of anilines is 4. The molecule has 12 aromatic rings. The third-order valence-corrected chi connectivity index (χ3v) is 22.5. The van der Waals surface area contributed by atoms with Gasteiger partial charge in [-0.2, -0.15) is 21.0 Å². The van der Waals surface area contributed by atoms with Gasteiger partial charge in [0.05, 0.1) is 64.7 Å². The summed E-state index contributed by atoms with van der Waals surface area (Å²) in [4.78, 5) is 126. The molecule has 28 heteroatoms. The number of benzene rings is 6. The molecule has 0 N–H and O–H groups in total. The van der Waals surface area contributed by atoms with Crippen molar-refractivity contribution in [3.63, 3.8) is 0 Å². The first kappa shape index (κ1) is 83.3. The minimum atomic E-state index is -0.300. The van der Waals surface area contributed by atoms with E-state index in [1.165, 1.54) is 15.4 Å². The maximum atomic E-state index is 13.5. The van der Waals surface area contributed by atoms with Gasteiger partial charge in [-0.3, -0.25) is 48.3 Å².